The predicted octanol–water partition coefficient (Wildman–Crippen LogP) is 4.79. The number of halogens is 1. The summed E-state index contributed by atoms with van der Waals surface area (Å²) in [6.45, 7) is 1.96. The van der Waals surface area contributed by atoms with Gasteiger partial charge in [0.15, 0.2) is 0 Å². The minimum absolute atomic E-state index is 0.414. The first-order valence-corrected chi connectivity index (χ1v) is 5.53. The largest absolute Gasteiger partial charge is 0.355 e. The second-order valence-corrected chi connectivity index (χ2v) is 4.13. The first-order chi connectivity index (χ1) is 8.19. The van der Waals surface area contributed by atoms with E-state index in [1.165, 1.54) is 0 Å². The average molecular weight is 247 g/mol. The number of hydrogen-bond donors (Lipinski definition) is 1. The second kappa shape index (κ2) is 4.97. The number of nitrogens with one attached hydrogen (secondary N) is 1. The van der Waals surface area contributed by atoms with E-state index < -0.39 is 0 Å². The van der Waals surface area contributed by atoms with E-state index in [0.29, 0.717) is 5.69 Å². The highest BCUT2D eigenvalue weighted by Crippen LogP contribution is 2.24. The maximum Gasteiger partial charge on any atom is 0.108 e. The fourth-order valence-corrected chi connectivity index (χ4v) is 1.62. The molecule has 0 saturated carbocycles. The standard InChI is InChI=1S/C13H11ClN2O/c1-9-2-3-12(8-13(9)14)15-10-4-6-11(16-17)7-5-10/h2-8,15H,1H3. The van der Waals surface area contributed by atoms with E-state index in [4.69, 9.17) is 11.6 Å². The summed E-state index contributed by atoms with van der Waals surface area (Å²) < 4.78 is 0. The first-order valence-electron chi connectivity index (χ1n) is 5.15. The van der Waals surface area contributed by atoms with Crippen LogP contribution in [0.2, 0.25) is 5.02 Å². The zero-order chi connectivity index (χ0) is 12.3. The van der Waals surface area contributed by atoms with Gasteiger partial charge in [0.25, 0.3) is 0 Å². The Morgan fingerprint density at radius 1 is 1.06 bits per heavy atom. The Kier molecular flexibility index (Phi) is 3.40. The lowest BCUT2D eigenvalue weighted by Crippen LogP contribution is -1.90. The van der Waals surface area contributed by atoms with Crippen LogP contribution in [0.3, 0.4) is 0 Å². The van der Waals surface area contributed by atoms with Crippen molar-refractivity contribution in [1.82, 2.24) is 0 Å². The summed E-state index contributed by atoms with van der Waals surface area (Å²) in [6, 6.07) is 12.7. The Balaban J connectivity index is 2.19. The van der Waals surface area contributed by atoms with Crippen molar-refractivity contribution in [2.45, 2.75) is 6.92 Å². The molecule has 0 saturated heterocycles. The lowest BCUT2D eigenvalue weighted by Gasteiger charge is -2.07. The highest BCUT2D eigenvalue weighted by Gasteiger charge is 1.99. The summed E-state index contributed by atoms with van der Waals surface area (Å²) in [4.78, 5) is 10.3. The molecule has 0 aromatic heterocycles. The minimum atomic E-state index is 0.414. The Morgan fingerprint density at radius 2 is 1.71 bits per heavy atom. The molecule has 0 spiro atoms. The highest BCUT2D eigenvalue weighted by atomic mass is 35.5. The Morgan fingerprint density at radius 3 is 2.29 bits per heavy atom. The van der Waals surface area contributed by atoms with Gasteiger partial charge in [-0.15, -0.1) is 4.91 Å². The molecule has 0 aliphatic carbocycles. The van der Waals surface area contributed by atoms with E-state index in [1.54, 1.807) is 24.3 Å². The van der Waals surface area contributed by atoms with Crippen molar-refractivity contribution >= 4 is 28.7 Å². The van der Waals surface area contributed by atoms with Crippen LogP contribution in [0.25, 0.3) is 0 Å². The first kappa shape index (κ1) is 11.6. The average Bonchev–Trinajstić information content (AvgIpc) is 2.35. The number of rotatable bonds is 3. The molecule has 0 radical (unpaired) electrons. The van der Waals surface area contributed by atoms with Crippen LogP contribution in [0.4, 0.5) is 17.1 Å². The van der Waals surface area contributed by atoms with Crippen LogP contribution in [-0.4, -0.2) is 0 Å². The van der Waals surface area contributed by atoms with Crippen molar-refractivity contribution in [3.8, 4) is 0 Å². The number of aryl methyl sites for hydroxylation is 1. The van der Waals surface area contributed by atoms with Crippen LogP contribution in [0, 0.1) is 11.8 Å². The van der Waals surface area contributed by atoms with Crippen molar-refractivity contribution in [1.29, 1.82) is 0 Å². The topological polar surface area (TPSA) is 41.5 Å². The van der Waals surface area contributed by atoms with E-state index in [1.807, 2.05) is 25.1 Å². The van der Waals surface area contributed by atoms with Crippen molar-refractivity contribution < 1.29 is 0 Å². The molecule has 0 atom stereocenters. The molecule has 0 bridgehead atoms. The second-order valence-electron chi connectivity index (χ2n) is 3.73. The van der Waals surface area contributed by atoms with Gasteiger partial charge in [0.1, 0.15) is 5.69 Å². The molecule has 2 rings (SSSR count). The summed E-state index contributed by atoms with van der Waals surface area (Å²) in [5.41, 5.74) is 3.25. The summed E-state index contributed by atoms with van der Waals surface area (Å²) in [6.07, 6.45) is 0. The van der Waals surface area contributed by atoms with E-state index in [0.717, 1.165) is 22.0 Å². The Hall–Kier alpha value is -1.87. The van der Waals surface area contributed by atoms with Crippen LogP contribution < -0.4 is 5.32 Å². The van der Waals surface area contributed by atoms with Gasteiger partial charge in [-0.3, -0.25) is 0 Å². The molecular formula is C13H11ClN2O. The molecule has 1 N–H and O–H groups in total. The molecule has 0 aliphatic rings. The normalized spacial score (nSPS) is 10.0. The molecule has 86 valence electrons. The third-order valence-corrected chi connectivity index (χ3v) is 2.84. The molecule has 0 heterocycles. The summed E-state index contributed by atoms with van der Waals surface area (Å²) >= 11 is 6.03. The summed E-state index contributed by atoms with van der Waals surface area (Å²) in [7, 11) is 0. The Bertz CT molecular complexity index is 538. The SMILES string of the molecule is Cc1ccc(Nc2ccc(N=O)cc2)cc1Cl. The number of anilines is 2. The fraction of sp³-hybridized carbons (Fsp3) is 0.0769. The predicted molar refractivity (Wildman–Crippen MR) is 71.4 cm³/mol. The van der Waals surface area contributed by atoms with Gasteiger partial charge in [-0.05, 0) is 54.1 Å². The van der Waals surface area contributed by atoms with E-state index in [9.17, 15) is 4.91 Å². The number of benzene rings is 2. The van der Waals surface area contributed by atoms with Crippen LogP contribution >= 0.6 is 11.6 Å². The van der Waals surface area contributed by atoms with Gasteiger partial charge in [-0.25, -0.2) is 0 Å². The van der Waals surface area contributed by atoms with Crippen LogP contribution in [-0.2, 0) is 0 Å². The fourth-order valence-electron chi connectivity index (χ4n) is 1.44. The van der Waals surface area contributed by atoms with Gasteiger partial charge in [-0.2, -0.15) is 0 Å². The summed E-state index contributed by atoms with van der Waals surface area (Å²) in [5.74, 6) is 0. The van der Waals surface area contributed by atoms with Gasteiger partial charge in [0.2, 0.25) is 0 Å². The zero-order valence-electron chi connectivity index (χ0n) is 9.27. The number of hydrogen-bond acceptors (Lipinski definition) is 3. The van der Waals surface area contributed by atoms with Crippen LogP contribution in [0.15, 0.2) is 47.6 Å². The maximum absolute atomic E-state index is 10.3. The zero-order valence-corrected chi connectivity index (χ0v) is 10.0. The van der Waals surface area contributed by atoms with Crippen LogP contribution in [0.1, 0.15) is 5.56 Å². The molecule has 2 aromatic carbocycles. The minimum Gasteiger partial charge on any atom is -0.355 e. The highest BCUT2D eigenvalue weighted by molar-refractivity contribution is 6.31. The smallest absolute Gasteiger partial charge is 0.108 e. The van der Waals surface area contributed by atoms with Gasteiger partial charge in [0, 0.05) is 16.4 Å². The van der Waals surface area contributed by atoms with Gasteiger partial charge >= 0.3 is 0 Å². The van der Waals surface area contributed by atoms with Gasteiger partial charge in [0.05, 0.1) is 0 Å². The molecule has 0 fully saturated rings. The van der Waals surface area contributed by atoms with E-state index in [-0.39, 0.29) is 0 Å². The van der Waals surface area contributed by atoms with Crippen molar-refractivity contribution in [2.24, 2.45) is 5.18 Å². The third kappa shape index (κ3) is 2.82. The van der Waals surface area contributed by atoms with E-state index in [2.05, 4.69) is 10.5 Å². The molecular weight excluding hydrogens is 236 g/mol. The summed E-state index contributed by atoms with van der Waals surface area (Å²) in [5, 5.41) is 6.76. The van der Waals surface area contributed by atoms with Crippen LogP contribution in [0.5, 0.6) is 0 Å². The van der Waals surface area contributed by atoms with Gasteiger partial charge < -0.3 is 5.32 Å². The monoisotopic (exact) mass is 246 g/mol. The quantitative estimate of drug-likeness (QED) is 0.791. The van der Waals surface area contributed by atoms with Crippen molar-refractivity contribution in [2.75, 3.05) is 5.32 Å². The molecule has 2 aromatic rings. The molecule has 17 heavy (non-hydrogen) atoms. The Labute approximate surface area is 104 Å². The molecule has 0 aliphatic heterocycles. The van der Waals surface area contributed by atoms with Gasteiger partial charge in [-0.1, -0.05) is 17.7 Å². The van der Waals surface area contributed by atoms with E-state index >= 15 is 0 Å². The molecule has 0 amide bonds. The molecule has 0 unspecified atom stereocenters. The maximum atomic E-state index is 10.3. The number of nitroso groups, excluding NO2 is 1. The number of nitrogens with zero attached hydrogens (tertiary/aromatic N) is 1. The van der Waals surface area contributed by atoms with Crippen molar-refractivity contribution in [3.05, 3.63) is 58.0 Å². The molecule has 3 nitrogen and oxygen atoms in total. The van der Waals surface area contributed by atoms with Crippen molar-refractivity contribution in [3.63, 3.8) is 0 Å². The lowest BCUT2D eigenvalue weighted by molar-refractivity contribution is 1.44. The molecule has 4 heteroatoms. The third-order valence-electron chi connectivity index (χ3n) is 2.43. The lowest BCUT2D eigenvalue weighted by atomic mass is 10.2.